The second-order valence-electron chi connectivity index (χ2n) is 9.35. The van der Waals surface area contributed by atoms with Gasteiger partial charge in [0, 0.05) is 41.3 Å². The van der Waals surface area contributed by atoms with E-state index in [0.29, 0.717) is 34.8 Å². The molecule has 0 aliphatic rings. The molecule has 2 N–H and O–H groups in total. The quantitative estimate of drug-likeness (QED) is 0.256. The molecule has 6 aromatic rings. The number of nitrogens with zero attached hydrogens (tertiary/aromatic N) is 5. The van der Waals surface area contributed by atoms with Gasteiger partial charge in [-0.05, 0) is 19.1 Å². The van der Waals surface area contributed by atoms with E-state index in [9.17, 15) is 22.8 Å². The molecule has 4 heterocycles. The smallest absolute Gasteiger partial charge is 0.361 e. The highest BCUT2D eigenvalue weighted by Crippen LogP contribution is 2.36. The number of anilines is 1. The van der Waals surface area contributed by atoms with E-state index in [-0.39, 0.29) is 38.4 Å². The summed E-state index contributed by atoms with van der Waals surface area (Å²) in [5, 5.41) is 4.12. The van der Waals surface area contributed by atoms with Crippen LogP contribution in [-0.2, 0) is 6.18 Å². The molecular weight excluding hydrogens is 571 g/mol. The molecule has 0 aliphatic heterocycles. The predicted molar refractivity (Wildman–Crippen MR) is 153 cm³/mol. The minimum atomic E-state index is -4.61. The van der Waals surface area contributed by atoms with E-state index in [2.05, 4.69) is 30.2 Å². The zero-order valence-corrected chi connectivity index (χ0v) is 22.4. The summed E-state index contributed by atoms with van der Waals surface area (Å²) in [6.45, 7) is 1.76. The lowest BCUT2D eigenvalue weighted by atomic mass is 10.0. The third kappa shape index (κ3) is 4.65. The highest BCUT2D eigenvalue weighted by molar-refractivity contribution is 6.36. The zero-order valence-electron chi connectivity index (χ0n) is 21.6. The second-order valence-corrected chi connectivity index (χ2v) is 9.73. The topological polar surface area (TPSA) is 118 Å². The molecule has 0 saturated heterocycles. The average Bonchev–Trinajstić information content (AvgIpc) is 2.98. The van der Waals surface area contributed by atoms with Crippen molar-refractivity contribution in [2.45, 2.75) is 19.1 Å². The van der Waals surface area contributed by atoms with E-state index in [1.165, 1.54) is 23.2 Å². The third-order valence-corrected chi connectivity index (χ3v) is 7.13. The lowest BCUT2D eigenvalue weighted by Gasteiger charge is -2.24. The Hall–Kier alpha value is -5.10. The first-order chi connectivity index (χ1) is 20.1. The molecule has 6 rings (SSSR count). The Morgan fingerprint density at radius 3 is 2.38 bits per heavy atom. The summed E-state index contributed by atoms with van der Waals surface area (Å²) in [7, 11) is 0. The molecule has 0 unspecified atom stereocenters. The van der Waals surface area contributed by atoms with Gasteiger partial charge in [-0.25, -0.2) is 19.9 Å². The summed E-state index contributed by atoms with van der Waals surface area (Å²) in [6, 6.07) is 14.3. The molecule has 0 radical (unpaired) electrons. The summed E-state index contributed by atoms with van der Waals surface area (Å²) in [4.78, 5) is 46.1. The number of halogens is 4. The molecule has 0 amide bonds. The first-order valence-electron chi connectivity index (χ1n) is 12.6. The SMILES string of the molecule is C[C@H](Nc1ncnc2[nH]ccc(=O)c12)c1c(Cl)c2cccc(-c3ncc(C(F)(F)F)cn3)c2c(=O)n1-c1ccccc1. The number of H-pyrrole nitrogens is 1. The molecule has 2 aromatic carbocycles. The Morgan fingerprint density at radius 1 is 0.929 bits per heavy atom. The van der Waals surface area contributed by atoms with E-state index < -0.39 is 23.3 Å². The number of benzene rings is 2. The molecular formula is C29H19ClF3N7O2. The summed E-state index contributed by atoms with van der Waals surface area (Å²) in [6.07, 6.45) is -0.482. The van der Waals surface area contributed by atoms with Crippen LogP contribution in [-0.4, -0.2) is 29.5 Å². The van der Waals surface area contributed by atoms with Gasteiger partial charge in [-0.2, -0.15) is 13.2 Å². The normalized spacial score (nSPS) is 12.5. The van der Waals surface area contributed by atoms with Gasteiger partial charge in [-0.1, -0.05) is 48.0 Å². The molecule has 42 heavy (non-hydrogen) atoms. The van der Waals surface area contributed by atoms with E-state index in [1.54, 1.807) is 55.5 Å². The minimum absolute atomic E-state index is 0.0630. The lowest BCUT2D eigenvalue weighted by molar-refractivity contribution is -0.138. The number of nitrogens with one attached hydrogen (secondary N) is 2. The van der Waals surface area contributed by atoms with Gasteiger partial charge in [0.2, 0.25) is 0 Å². The van der Waals surface area contributed by atoms with Gasteiger partial charge in [0.25, 0.3) is 5.56 Å². The fraction of sp³-hybridized carbons (Fsp3) is 0.103. The van der Waals surface area contributed by atoms with Gasteiger partial charge in [-0.15, -0.1) is 0 Å². The van der Waals surface area contributed by atoms with E-state index in [4.69, 9.17) is 11.6 Å². The standard InChI is InChI=1S/C29H19ClF3N7O2/c1-15(39-27-22-20(41)10-11-34-26(22)37-14-38-27)24-23(30)18-8-5-9-19(25-35-12-16(13-36-25)29(31,32)33)21(18)28(42)40(24)17-6-3-2-4-7-17/h2-15H,1H3,(H2,34,37,38,39,41)/t15-/m0/s1. The number of pyridine rings is 2. The van der Waals surface area contributed by atoms with Crippen LogP contribution in [0.2, 0.25) is 5.02 Å². The van der Waals surface area contributed by atoms with Crippen LogP contribution in [0.1, 0.15) is 24.2 Å². The third-order valence-electron chi connectivity index (χ3n) is 6.73. The number of aromatic amines is 1. The van der Waals surface area contributed by atoms with E-state index in [0.717, 1.165) is 0 Å². The van der Waals surface area contributed by atoms with Crippen LogP contribution < -0.4 is 16.3 Å². The maximum Gasteiger partial charge on any atom is 0.419 e. The molecule has 0 bridgehead atoms. The van der Waals surface area contributed by atoms with Crippen LogP contribution in [0.25, 0.3) is 38.9 Å². The molecule has 1 atom stereocenters. The molecule has 4 aromatic heterocycles. The van der Waals surface area contributed by atoms with Gasteiger partial charge in [0.15, 0.2) is 11.3 Å². The van der Waals surface area contributed by atoms with Crippen molar-refractivity contribution in [1.82, 2.24) is 29.5 Å². The fourth-order valence-corrected chi connectivity index (χ4v) is 5.24. The maximum atomic E-state index is 14.3. The van der Waals surface area contributed by atoms with Crippen LogP contribution in [0.3, 0.4) is 0 Å². The molecule has 0 fully saturated rings. The van der Waals surface area contributed by atoms with Crippen LogP contribution in [0.4, 0.5) is 19.0 Å². The van der Waals surface area contributed by atoms with Crippen LogP contribution in [0, 0.1) is 0 Å². The number of aromatic nitrogens is 6. The first-order valence-corrected chi connectivity index (χ1v) is 12.9. The average molecular weight is 590 g/mol. The Morgan fingerprint density at radius 2 is 1.67 bits per heavy atom. The Labute approximate surface area is 239 Å². The fourth-order valence-electron chi connectivity index (χ4n) is 4.83. The number of rotatable bonds is 5. The highest BCUT2D eigenvalue weighted by Gasteiger charge is 2.32. The molecule has 13 heteroatoms. The number of fused-ring (bicyclic) bond motifs is 2. The minimum Gasteiger partial charge on any atom is -0.361 e. The van der Waals surface area contributed by atoms with Gasteiger partial charge in [-0.3, -0.25) is 14.2 Å². The summed E-state index contributed by atoms with van der Waals surface area (Å²) >= 11 is 7.03. The van der Waals surface area contributed by atoms with Crippen molar-refractivity contribution in [3.05, 3.63) is 116 Å². The Bertz CT molecular complexity index is 2070. The van der Waals surface area contributed by atoms with Crippen molar-refractivity contribution in [1.29, 1.82) is 0 Å². The summed E-state index contributed by atoms with van der Waals surface area (Å²) in [5.74, 6) is 0.177. The van der Waals surface area contributed by atoms with Crippen molar-refractivity contribution in [2.24, 2.45) is 0 Å². The van der Waals surface area contributed by atoms with Gasteiger partial charge in [0.05, 0.1) is 27.7 Å². The summed E-state index contributed by atoms with van der Waals surface area (Å²) < 4.78 is 40.8. The molecule has 9 nitrogen and oxygen atoms in total. The van der Waals surface area contributed by atoms with Gasteiger partial charge < -0.3 is 10.3 Å². The zero-order chi connectivity index (χ0) is 29.6. The predicted octanol–water partition coefficient (Wildman–Crippen LogP) is 5.92. The Kier molecular flexibility index (Phi) is 6.70. The first kappa shape index (κ1) is 27.1. The number of hydrogen-bond donors (Lipinski definition) is 2. The van der Waals surface area contributed by atoms with Crippen molar-refractivity contribution in [3.8, 4) is 17.1 Å². The van der Waals surface area contributed by atoms with Gasteiger partial charge in [0.1, 0.15) is 23.2 Å². The van der Waals surface area contributed by atoms with Crippen molar-refractivity contribution in [3.63, 3.8) is 0 Å². The van der Waals surface area contributed by atoms with Gasteiger partial charge >= 0.3 is 6.18 Å². The van der Waals surface area contributed by atoms with Crippen molar-refractivity contribution in [2.75, 3.05) is 5.32 Å². The van der Waals surface area contributed by atoms with Crippen LogP contribution >= 0.6 is 11.6 Å². The largest absolute Gasteiger partial charge is 0.419 e. The van der Waals surface area contributed by atoms with Crippen molar-refractivity contribution >= 4 is 39.2 Å². The molecule has 0 spiro atoms. The molecule has 0 saturated carbocycles. The van der Waals surface area contributed by atoms with E-state index in [1.807, 2.05) is 0 Å². The Balaban J connectivity index is 1.58. The van der Waals surface area contributed by atoms with Crippen LogP contribution in [0.15, 0.2) is 89.1 Å². The van der Waals surface area contributed by atoms with Crippen molar-refractivity contribution < 1.29 is 13.2 Å². The monoisotopic (exact) mass is 589 g/mol. The molecule has 210 valence electrons. The maximum absolute atomic E-state index is 14.3. The highest BCUT2D eigenvalue weighted by atomic mass is 35.5. The summed E-state index contributed by atoms with van der Waals surface area (Å²) in [5.41, 5.74) is -0.395. The number of hydrogen-bond acceptors (Lipinski definition) is 7. The molecule has 0 aliphatic carbocycles. The number of alkyl halides is 3. The van der Waals surface area contributed by atoms with Crippen LogP contribution in [0.5, 0.6) is 0 Å². The number of para-hydroxylation sites is 1. The second kappa shape index (κ2) is 10.4. The lowest BCUT2D eigenvalue weighted by Crippen LogP contribution is -2.27. The van der Waals surface area contributed by atoms with E-state index >= 15 is 0 Å².